The van der Waals surface area contributed by atoms with Crippen LogP contribution in [0.5, 0.6) is 0 Å². The van der Waals surface area contributed by atoms with Crippen LogP contribution in [-0.4, -0.2) is 43.4 Å². The van der Waals surface area contributed by atoms with E-state index in [9.17, 15) is 41.5 Å². The molecule has 0 aliphatic heterocycles. The molecule has 12 heteroatoms. The van der Waals surface area contributed by atoms with E-state index >= 15 is 0 Å². The molecule has 2 aliphatic carbocycles. The molecule has 2 aliphatic rings. The molecule has 0 heterocycles. The van der Waals surface area contributed by atoms with Crippen LogP contribution < -0.4 is 5.73 Å². The molecule has 1 aromatic rings. The molecule has 2 saturated carbocycles. The van der Waals surface area contributed by atoms with Crippen LogP contribution in [-0.2, 0) is 30.3 Å². The first-order chi connectivity index (χ1) is 15.3. The predicted octanol–water partition coefficient (Wildman–Crippen LogP) is 2.52. The van der Waals surface area contributed by atoms with Crippen molar-refractivity contribution in [2.45, 2.75) is 55.0 Å². The van der Waals surface area contributed by atoms with Gasteiger partial charge in [0.2, 0.25) is 5.91 Å². The van der Waals surface area contributed by atoms with E-state index in [0.717, 1.165) is 18.2 Å². The van der Waals surface area contributed by atoms with Crippen molar-refractivity contribution in [1.82, 2.24) is 0 Å². The molecular formula is C21H23F3N2O6S. The van der Waals surface area contributed by atoms with Gasteiger partial charge in [0.25, 0.3) is 0 Å². The molecule has 2 unspecified atom stereocenters. The molecule has 1 aromatic carbocycles. The van der Waals surface area contributed by atoms with E-state index in [0.29, 0.717) is 12.5 Å². The summed E-state index contributed by atoms with van der Waals surface area (Å²) in [5.74, 6) is -3.63. The minimum absolute atomic E-state index is 0.0639. The third-order valence-corrected chi connectivity index (χ3v) is 8.90. The van der Waals surface area contributed by atoms with Crippen LogP contribution in [0.2, 0.25) is 0 Å². The van der Waals surface area contributed by atoms with Crippen LogP contribution in [0.15, 0.2) is 29.2 Å². The summed E-state index contributed by atoms with van der Waals surface area (Å²) >= 11 is 0. The standard InChI is InChI=1S/C21H23F3N2O6S/c1-2-7-32-16-8-12(33(30,31)14-6-4-3-5-13(14)21(22,23)24)9-20(16,18(28)29)15-10-19(15,11-25)17(26)27/h3-6,12,15-16H,2,7-10H2,1H3,(H2,26,27)(H,28,29)/t12-,15?,16+,19?,20+/m0/s1. The molecule has 33 heavy (non-hydrogen) atoms. The number of alkyl halides is 3. The summed E-state index contributed by atoms with van der Waals surface area (Å²) in [6.45, 7) is 1.81. The molecule has 1 amide bonds. The van der Waals surface area contributed by atoms with Crippen LogP contribution in [0, 0.1) is 28.1 Å². The minimum atomic E-state index is -4.94. The first-order valence-electron chi connectivity index (χ1n) is 10.2. The molecule has 0 saturated heterocycles. The number of carboxylic acid groups (broad SMARTS) is 1. The van der Waals surface area contributed by atoms with Crippen LogP contribution in [0.3, 0.4) is 0 Å². The number of aliphatic carboxylic acids is 1. The number of carbonyl (C=O) groups is 2. The van der Waals surface area contributed by atoms with E-state index in [2.05, 4.69) is 0 Å². The van der Waals surface area contributed by atoms with Crippen LogP contribution in [0.1, 0.15) is 38.2 Å². The lowest BCUT2D eigenvalue weighted by atomic mass is 9.75. The molecule has 2 fully saturated rings. The smallest absolute Gasteiger partial charge is 0.417 e. The molecule has 3 rings (SSSR count). The fraction of sp³-hybridized carbons (Fsp3) is 0.571. The second-order valence-corrected chi connectivity index (χ2v) is 10.7. The summed E-state index contributed by atoms with van der Waals surface area (Å²) in [5, 5.41) is 18.2. The third-order valence-electron chi connectivity index (χ3n) is 6.70. The van der Waals surface area contributed by atoms with Crippen molar-refractivity contribution in [3.63, 3.8) is 0 Å². The molecule has 0 spiro atoms. The molecule has 0 aromatic heterocycles. The van der Waals surface area contributed by atoms with Crippen LogP contribution in [0.25, 0.3) is 0 Å². The first kappa shape index (κ1) is 25.0. The Morgan fingerprint density at radius 1 is 1.30 bits per heavy atom. The molecule has 180 valence electrons. The molecule has 0 radical (unpaired) electrons. The lowest BCUT2D eigenvalue weighted by Gasteiger charge is -2.32. The van der Waals surface area contributed by atoms with E-state index in [1.807, 2.05) is 0 Å². The summed E-state index contributed by atoms with van der Waals surface area (Å²) in [6, 6.07) is 5.45. The third kappa shape index (κ3) is 3.87. The largest absolute Gasteiger partial charge is 0.481 e. The predicted molar refractivity (Wildman–Crippen MR) is 107 cm³/mol. The SMILES string of the molecule is CCCO[C@@H]1C[C@H](S(=O)(=O)c2ccccc2C(F)(F)F)C[C@@]1(C(=O)O)C1CC1(C#N)C(N)=O. The number of benzene rings is 1. The van der Waals surface area contributed by atoms with Crippen molar-refractivity contribution in [1.29, 1.82) is 5.26 Å². The number of halogens is 3. The number of primary amides is 1. The number of carbonyl (C=O) groups excluding carboxylic acids is 1. The van der Waals surface area contributed by atoms with E-state index in [1.165, 1.54) is 0 Å². The van der Waals surface area contributed by atoms with E-state index in [4.69, 9.17) is 10.5 Å². The van der Waals surface area contributed by atoms with Gasteiger partial charge in [0.15, 0.2) is 9.84 Å². The van der Waals surface area contributed by atoms with Gasteiger partial charge in [0.1, 0.15) is 10.8 Å². The number of nitriles is 1. The Morgan fingerprint density at radius 2 is 1.94 bits per heavy atom. The molecular weight excluding hydrogens is 465 g/mol. The zero-order valence-electron chi connectivity index (χ0n) is 17.6. The maximum absolute atomic E-state index is 13.5. The summed E-state index contributed by atoms with van der Waals surface area (Å²) in [4.78, 5) is 23.5. The van der Waals surface area contributed by atoms with Gasteiger partial charge in [-0.1, -0.05) is 19.1 Å². The van der Waals surface area contributed by atoms with Gasteiger partial charge < -0.3 is 15.6 Å². The van der Waals surface area contributed by atoms with Crippen LogP contribution >= 0.6 is 0 Å². The summed E-state index contributed by atoms with van der Waals surface area (Å²) < 4.78 is 72.8. The van der Waals surface area contributed by atoms with Crippen LogP contribution in [0.4, 0.5) is 13.2 Å². The summed E-state index contributed by atoms with van der Waals surface area (Å²) in [7, 11) is -4.65. The average Bonchev–Trinajstić information content (AvgIpc) is 3.37. The van der Waals surface area contributed by atoms with E-state index < -0.39 is 79.3 Å². The van der Waals surface area contributed by atoms with Gasteiger partial charge in [-0.3, -0.25) is 9.59 Å². The van der Waals surface area contributed by atoms with Gasteiger partial charge >= 0.3 is 12.1 Å². The maximum atomic E-state index is 13.5. The zero-order chi connectivity index (χ0) is 24.8. The van der Waals surface area contributed by atoms with Crippen molar-refractivity contribution < 1.29 is 41.0 Å². The van der Waals surface area contributed by atoms with Crippen molar-refractivity contribution in [3.05, 3.63) is 29.8 Å². The highest BCUT2D eigenvalue weighted by Crippen LogP contribution is 2.66. The Hall–Kier alpha value is -2.65. The number of ether oxygens (including phenoxy) is 1. The number of amides is 1. The van der Waals surface area contributed by atoms with Crippen molar-refractivity contribution in [2.75, 3.05) is 6.61 Å². The quantitative estimate of drug-likeness (QED) is 0.571. The zero-order valence-corrected chi connectivity index (χ0v) is 18.4. The van der Waals surface area contributed by atoms with Gasteiger partial charge in [0, 0.05) is 12.5 Å². The number of hydrogen-bond acceptors (Lipinski definition) is 6. The summed E-state index contributed by atoms with van der Waals surface area (Å²) in [6.07, 6.45) is -6.90. The second-order valence-electron chi connectivity index (χ2n) is 8.51. The normalized spacial score (nSPS) is 31.7. The minimum Gasteiger partial charge on any atom is -0.481 e. The number of nitrogens with two attached hydrogens (primary N) is 1. The van der Waals surface area contributed by atoms with E-state index in [1.54, 1.807) is 13.0 Å². The lowest BCUT2D eigenvalue weighted by molar-refractivity contribution is -0.161. The molecule has 5 atom stereocenters. The van der Waals surface area contributed by atoms with Gasteiger partial charge in [-0.15, -0.1) is 0 Å². The highest BCUT2D eigenvalue weighted by atomic mass is 32.2. The van der Waals surface area contributed by atoms with E-state index in [-0.39, 0.29) is 13.0 Å². The number of sulfone groups is 1. The first-order valence-corrected chi connectivity index (χ1v) is 11.8. The number of carboxylic acids is 1. The molecule has 0 bridgehead atoms. The van der Waals surface area contributed by atoms with Gasteiger partial charge in [0.05, 0.1) is 27.9 Å². The highest BCUT2D eigenvalue weighted by molar-refractivity contribution is 7.92. The fourth-order valence-corrected chi connectivity index (χ4v) is 7.00. The topological polar surface area (TPSA) is 148 Å². The Balaban J connectivity index is 2.10. The van der Waals surface area contributed by atoms with Gasteiger partial charge in [-0.25, -0.2) is 8.42 Å². The average molecular weight is 488 g/mol. The summed E-state index contributed by atoms with van der Waals surface area (Å²) in [5.41, 5.74) is 0.234. The van der Waals surface area contributed by atoms with Gasteiger partial charge in [-0.05, 0) is 37.8 Å². The highest BCUT2D eigenvalue weighted by Gasteiger charge is 2.75. The number of hydrogen-bond donors (Lipinski definition) is 2. The Labute approximate surface area is 188 Å². The Bertz CT molecular complexity index is 1120. The monoisotopic (exact) mass is 488 g/mol. The molecule has 3 N–H and O–H groups in total. The Morgan fingerprint density at radius 3 is 2.42 bits per heavy atom. The van der Waals surface area contributed by atoms with Crippen molar-refractivity contribution in [3.8, 4) is 6.07 Å². The molecule has 8 nitrogen and oxygen atoms in total. The lowest BCUT2D eigenvalue weighted by Crippen LogP contribution is -2.45. The van der Waals surface area contributed by atoms with Crippen molar-refractivity contribution in [2.24, 2.45) is 22.5 Å². The van der Waals surface area contributed by atoms with Gasteiger partial charge in [-0.2, -0.15) is 18.4 Å². The number of rotatable bonds is 8. The van der Waals surface area contributed by atoms with Crippen molar-refractivity contribution >= 4 is 21.7 Å². The maximum Gasteiger partial charge on any atom is 0.417 e. The second kappa shape index (κ2) is 8.29. The fourth-order valence-electron chi connectivity index (χ4n) is 4.96. The number of nitrogens with zero attached hydrogens (tertiary/aromatic N) is 1. The Kier molecular flexibility index (Phi) is 6.27.